The number of anilines is 1. The van der Waals surface area contributed by atoms with E-state index in [1.807, 2.05) is 4.57 Å². The van der Waals surface area contributed by atoms with E-state index in [0.29, 0.717) is 10.8 Å². The Kier molecular flexibility index (Phi) is 6.20. The highest BCUT2D eigenvalue weighted by atomic mass is 32.2. The van der Waals surface area contributed by atoms with Crippen LogP contribution in [0.5, 0.6) is 0 Å². The second-order valence-electron chi connectivity index (χ2n) is 8.54. The number of hydrogen-bond donors (Lipinski definition) is 1. The first-order valence-corrected chi connectivity index (χ1v) is 13.1. The molecular formula is C23H24N4O4S2. The molecule has 0 atom stereocenters. The Morgan fingerprint density at radius 1 is 1.24 bits per heavy atom. The molecule has 172 valence electrons. The molecule has 0 radical (unpaired) electrons. The van der Waals surface area contributed by atoms with Crippen molar-refractivity contribution in [2.45, 2.75) is 62.6 Å². The number of rotatable bonds is 6. The summed E-state index contributed by atoms with van der Waals surface area (Å²) in [6, 6.07) is 5.98. The number of thiophene rings is 1. The molecule has 0 aliphatic heterocycles. The van der Waals surface area contributed by atoms with E-state index in [1.165, 1.54) is 40.4 Å². The molecule has 2 heterocycles. The number of aryl methyl sites for hydroxylation is 2. The highest BCUT2D eigenvalue weighted by Gasteiger charge is 2.27. The molecule has 33 heavy (non-hydrogen) atoms. The maximum Gasteiger partial charge on any atom is 0.271 e. The van der Waals surface area contributed by atoms with Crippen LogP contribution in [0.4, 0.5) is 11.4 Å². The van der Waals surface area contributed by atoms with Crippen LogP contribution in [0.15, 0.2) is 34.2 Å². The van der Waals surface area contributed by atoms with Crippen molar-refractivity contribution in [1.82, 2.24) is 9.55 Å². The molecule has 8 nitrogen and oxygen atoms in total. The molecule has 0 unspecified atom stereocenters. The zero-order valence-electron chi connectivity index (χ0n) is 18.0. The number of nitrogens with zero attached hydrogens (tertiary/aromatic N) is 3. The number of carbonyl (C=O) groups excluding carboxylic acids is 1. The Balaban J connectivity index is 1.43. The van der Waals surface area contributed by atoms with Crippen molar-refractivity contribution in [2.75, 3.05) is 11.1 Å². The molecule has 3 aromatic rings. The van der Waals surface area contributed by atoms with Gasteiger partial charge in [0.25, 0.3) is 11.2 Å². The van der Waals surface area contributed by atoms with E-state index >= 15 is 0 Å². The van der Waals surface area contributed by atoms with Crippen LogP contribution in [0.25, 0.3) is 10.2 Å². The Morgan fingerprint density at radius 2 is 2.03 bits per heavy atom. The van der Waals surface area contributed by atoms with Gasteiger partial charge in [0, 0.05) is 28.7 Å². The molecule has 2 aromatic heterocycles. The molecule has 10 heteroatoms. The minimum Gasteiger partial charge on any atom is -0.325 e. The summed E-state index contributed by atoms with van der Waals surface area (Å²) < 4.78 is 1.84. The lowest BCUT2D eigenvalue weighted by molar-refractivity contribution is -0.384. The van der Waals surface area contributed by atoms with Crippen LogP contribution < -0.4 is 10.9 Å². The number of hydrogen-bond acceptors (Lipinski definition) is 7. The highest BCUT2D eigenvalue weighted by Crippen LogP contribution is 2.37. The van der Waals surface area contributed by atoms with E-state index in [0.717, 1.165) is 61.6 Å². The van der Waals surface area contributed by atoms with Crippen LogP contribution in [-0.2, 0) is 17.6 Å². The SMILES string of the molecule is O=C(CSc1nc2sc3c(c2c(=O)n1C1CCCC1)CCCC3)Nc1cccc([N+](=O)[O-])c1. The fraction of sp³-hybridized carbons (Fsp3) is 0.435. The monoisotopic (exact) mass is 484 g/mol. The van der Waals surface area contributed by atoms with Gasteiger partial charge in [-0.2, -0.15) is 0 Å². The number of non-ortho nitro benzene ring substituents is 1. The van der Waals surface area contributed by atoms with Crippen LogP contribution in [0.1, 0.15) is 55.0 Å². The summed E-state index contributed by atoms with van der Waals surface area (Å²) >= 11 is 2.88. The zero-order chi connectivity index (χ0) is 22.9. The number of nitro groups is 1. The van der Waals surface area contributed by atoms with Crippen LogP contribution in [0, 0.1) is 10.1 Å². The Bertz CT molecular complexity index is 1290. The number of thioether (sulfide) groups is 1. The van der Waals surface area contributed by atoms with Gasteiger partial charge in [-0.3, -0.25) is 24.3 Å². The number of nitro benzene ring substituents is 1. The van der Waals surface area contributed by atoms with Gasteiger partial charge in [0.15, 0.2) is 5.16 Å². The summed E-state index contributed by atoms with van der Waals surface area (Å²) in [7, 11) is 0. The standard InChI is InChI=1S/C23H24N4O4S2/c28-19(24-14-6-5-9-16(12-14)27(30)31)13-32-23-25-21-20(17-10-3-4-11-18(17)33-21)22(29)26(23)15-7-1-2-8-15/h5-6,9,12,15H,1-4,7-8,10-11,13H2,(H,24,28). The van der Waals surface area contributed by atoms with Gasteiger partial charge in [0.05, 0.1) is 16.1 Å². The first kappa shape index (κ1) is 22.1. The second-order valence-corrected chi connectivity index (χ2v) is 10.6. The van der Waals surface area contributed by atoms with Crippen LogP contribution in [-0.4, -0.2) is 26.1 Å². The van der Waals surface area contributed by atoms with Crippen LogP contribution in [0.2, 0.25) is 0 Å². The molecule has 0 bridgehead atoms. The third-order valence-corrected chi connectivity index (χ3v) is 8.49. The quantitative estimate of drug-likeness (QED) is 0.226. The Hall–Kier alpha value is -2.72. The summed E-state index contributed by atoms with van der Waals surface area (Å²) in [5.74, 6) is -0.225. The van der Waals surface area contributed by atoms with Crippen molar-refractivity contribution in [2.24, 2.45) is 0 Å². The van der Waals surface area contributed by atoms with Gasteiger partial charge in [-0.15, -0.1) is 11.3 Å². The van der Waals surface area contributed by atoms with E-state index in [1.54, 1.807) is 17.4 Å². The van der Waals surface area contributed by atoms with Crippen molar-refractivity contribution in [1.29, 1.82) is 0 Å². The van der Waals surface area contributed by atoms with E-state index in [9.17, 15) is 19.7 Å². The third-order valence-electron chi connectivity index (χ3n) is 6.35. The van der Waals surface area contributed by atoms with E-state index in [4.69, 9.17) is 4.98 Å². The topological polar surface area (TPSA) is 107 Å². The minimum atomic E-state index is -0.496. The molecule has 1 aromatic carbocycles. The molecule has 1 fully saturated rings. The van der Waals surface area contributed by atoms with Crippen LogP contribution in [0.3, 0.4) is 0 Å². The average Bonchev–Trinajstić information content (AvgIpc) is 3.45. The van der Waals surface area contributed by atoms with E-state index < -0.39 is 4.92 Å². The van der Waals surface area contributed by atoms with Gasteiger partial charge in [0.2, 0.25) is 5.91 Å². The molecule has 1 N–H and O–H groups in total. The van der Waals surface area contributed by atoms with Gasteiger partial charge in [-0.1, -0.05) is 30.7 Å². The molecule has 2 aliphatic carbocycles. The highest BCUT2D eigenvalue weighted by molar-refractivity contribution is 7.99. The van der Waals surface area contributed by atoms with Gasteiger partial charge in [-0.25, -0.2) is 4.98 Å². The lowest BCUT2D eigenvalue weighted by Crippen LogP contribution is -2.27. The maximum atomic E-state index is 13.7. The summed E-state index contributed by atoms with van der Waals surface area (Å²) in [6.45, 7) is 0. The molecular weight excluding hydrogens is 460 g/mol. The van der Waals surface area contributed by atoms with E-state index in [2.05, 4.69) is 5.32 Å². The van der Waals surface area contributed by atoms with Gasteiger partial charge in [0.1, 0.15) is 4.83 Å². The number of amides is 1. The Morgan fingerprint density at radius 3 is 2.82 bits per heavy atom. The van der Waals surface area contributed by atoms with Crippen molar-refractivity contribution in [3.63, 3.8) is 0 Å². The van der Waals surface area contributed by atoms with Crippen molar-refractivity contribution < 1.29 is 9.72 Å². The molecule has 1 amide bonds. The number of aromatic nitrogens is 2. The molecule has 5 rings (SSSR count). The van der Waals surface area contributed by atoms with Crippen molar-refractivity contribution >= 4 is 50.6 Å². The van der Waals surface area contributed by atoms with Gasteiger partial charge in [-0.05, 0) is 50.2 Å². The number of fused-ring (bicyclic) bond motifs is 3. The number of benzene rings is 1. The summed E-state index contributed by atoms with van der Waals surface area (Å²) in [5.41, 5.74) is 1.51. The average molecular weight is 485 g/mol. The Labute approximate surface area is 198 Å². The smallest absolute Gasteiger partial charge is 0.271 e. The second kappa shape index (κ2) is 9.26. The van der Waals surface area contributed by atoms with Crippen molar-refractivity contribution in [3.8, 4) is 0 Å². The largest absolute Gasteiger partial charge is 0.325 e. The van der Waals surface area contributed by atoms with E-state index in [-0.39, 0.29) is 28.9 Å². The summed E-state index contributed by atoms with van der Waals surface area (Å²) in [6.07, 6.45) is 8.29. The predicted octanol–water partition coefficient (Wildman–Crippen LogP) is 5.09. The first-order valence-electron chi connectivity index (χ1n) is 11.2. The lowest BCUT2D eigenvalue weighted by atomic mass is 9.97. The first-order chi connectivity index (χ1) is 16.0. The van der Waals surface area contributed by atoms with Gasteiger partial charge < -0.3 is 5.32 Å². The number of carbonyl (C=O) groups is 1. The lowest BCUT2D eigenvalue weighted by Gasteiger charge is -2.18. The minimum absolute atomic E-state index is 0.0351. The normalized spacial score (nSPS) is 16.1. The molecule has 1 saturated carbocycles. The molecule has 0 saturated heterocycles. The summed E-state index contributed by atoms with van der Waals surface area (Å²) in [5, 5.41) is 15.1. The zero-order valence-corrected chi connectivity index (χ0v) is 19.7. The van der Waals surface area contributed by atoms with Crippen LogP contribution >= 0.6 is 23.1 Å². The predicted molar refractivity (Wildman–Crippen MR) is 130 cm³/mol. The number of nitrogens with one attached hydrogen (secondary N) is 1. The van der Waals surface area contributed by atoms with Crippen molar-refractivity contribution in [3.05, 3.63) is 55.2 Å². The molecule has 2 aliphatic rings. The third kappa shape index (κ3) is 4.41. The van der Waals surface area contributed by atoms with Gasteiger partial charge >= 0.3 is 0 Å². The molecule has 0 spiro atoms. The summed E-state index contributed by atoms with van der Waals surface area (Å²) in [4.78, 5) is 43.7. The maximum absolute atomic E-state index is 13.7. The fourth-order valence-electron chi connectivity index (χ4n) is 4.81. The fourth-order valence-corrected chi connectivity index (χ4v) is 6.98.